The van der Waals surface area contributed by atoms with Crippen LogP contribution in [0.3, 0.4) is 0 Å². The van der Waals surface area contributed by atoms with Crippen LogP contribution in [0.5, 0.6) is 0 Å². The second-order valence-electron chi connectivity index (χ2n) is 13.5. The summed E-state index contributed by atoms with van der Waals surface area (Å²) in [5, 5.41) is 22.7. The Balaban J connectivity index is 1.59. The van der Waals surface area contributed by atoms with Crippen molar-refractivity contribution in [2.75, 3.05) is 31.3 Å². The van der Waals surface area contributed by atoms with Gasteiger partial charge in [-0.1, -0.05) is 68.4 Å². The third-order valence-electron chi connectivity index (χ3n) is 9.04. The summed E-state index contributed by atoms with van der Waals surface area (Å²) in [6.07, 6.45) is -1.91. The van der Waals surface area contributed by atoms with Gasteiger partial charge >= 0.3 is 0 Å². The summed E-state index contributed by atoms with van der Waals surface area (Å²) in [5.74, 6) is -2.56. The van der Waals surface area contributed by atoms with Crippen molar-refractivity contribution in [1.82, 2.24) is 21.3 Å². The molecule has 286 valence electrons. The Morgan fingerprint density at radius 2 is 1.64 bits per heavy atom. The fraction of sp³-hybridized carbons (Fsp3) is 0.421. The number of hydrogen-bond acceptors (Lipinski definition) is 9. The predicted molar refractivity (Wildman–Crippen MR) is 199 cm³/mol. The highest BCUT2D eigenvalue weighted by atomic mass is 32.2. The maximum Gasteiger partial charge on any atom is 0.251 e. The number of nitrogens with zero attached hydrogens (tertiary/aromatic N) is 1. The summed E-state index contributed by atoms with van der Waals surface area (Å²) in [7, 11) is -1.17. The number of carbonyl (C=O) groups is 4. The van der Waals surface area contributed by atoms with Gasteiger partial charge in [-0.15, -0.1) is 0 Å². The molecule has 15 heteroatoms. The van der Waals surface area contributed by atoms with Gasteiger partial charge in [0.1, 0.15) is 12.1 Å². The van der Waals surface area contributed by atoms with E-state index in [1.807, 2.05) is 54.6 Å². The minimum absolute atomic E-state index is 0.0398. The zero-order valence-corrected chi connectivity index (χ0v) is 31.6. The van der Waals surface area contributed by atoms with E-state index in [0.717, 1.165) is 27.3 Å². The molecule has 0 saturated carbocycles. The van der Waals surface area contributed by atoms with Gasteiger partial charge in [0.15, 0.2) is 0 Å². The van der Waals surface area contributed by atoms with Crippen LogP contribution in [-0.4, -0.2) is 88.5 Å². The largest absolute Gasteiger partial charge is 0.391 e. The van der Waals surface area contributed by atoms with Gasteiger partial charge in [0.25, 0.3) is 11.8 Å². The SMILES string of the molecule is CO[C@H](C[C@H](O)[C@@H]1COCc2cccc(c2)C(C)NC(=O)c2cc(cc(N(C)S(C)(=O)=O)c2)C(=O)N1)C(=O)N[C@H](C(=O)NCc1ccccc1)C(C)C. The molecule has 5 atom stereocenters. The number of rotatable bonds is 12. The predicted octanol–water partition coefficient (Wildman–Crippen LogP) is 2.43. The first kappa shape index (κ1) is 40.9. The highest BCUT2D eigenvalue weighted by molar-refractivity contribution is 7.92. The van der Waals surface area contributed by atoms with Crippen molar-refractivity contribution in [3.05, 3.63) is 101 Å². The number of anilines is 1. The van der Waals surface area contributed by atoms with E-state index in [-0.39, 0.29) is 54.8 Å². The Kier molecular flexibility index (Phi) is 14.1. The maximum atomic E-state index is 13.8. The van der Waals surface area contributed by atoms with E-state index in [1.165, 1.54) is 32.4 Å². The van der Waals surface area contributed by atoms with Gasteiger partial charge in [-0.05, 0) is 47.7 Å². The second-order valence-corrected chi connectivity index (χ2v) is 15.5. The van der Waals surface area contributed by atoms with E-state index in [4.69, 9.17) is 9.47 Å². The standard InChI is InChI=1S/C38H49N5O9S/c1-23(2)34(38(48)39-20-25-11-8-7-9-12-25)42-37(47)33(51-5)19-32(44)31-22-52-21-26-13-10-14-27(15-26)24(3)40-35(45)28-16-29(36(46)41-31)18-30(17-28)43(4)53(6,49)50/h7-18,23-24,31-34,44H,19-22H2,1-6H3,(H,39,48)(H,40,45)(H,41,46)(H,42,47)/t24?,31-,32-,33+,34-/m0/s1. The molecule has 1 unspecified atom stereocenters. The van der Waals surface area contributed by atoms with E-state index < -0.39 is 58.1 Å². The van der Waals surface area contributed by atoms with Crippen molar-refractivity contribution in [3.8, 4) is 0 Å². The highest BCUT2D eigenvalue weighted by Gasteiger charge is 2.32. The summed E-state index contributed by atoms with van der Waals surface area (Å²) in [5.41, 5.74) is 2.51. The zero-order valence-electron chi connectivity index (χ0n) is 30.8. The van der Waals surface area contributed by atoms with Crippen LogP contribution in [0.25, 0.3) is 0 Å². The molecule has 0 radical (unpaired) electrons. The van der Waals surface area contributed by atoms with Crippen LogP contribution >= 0.6 is 0 Å². The lowest BCUT2D eigenvalue weighted by Gasteiger charge is -2.28. The molecule has 0 saturated heterocycles. The van der Waals surface area contributed by atoms with Crippen LogP contribution in [0.15, 0.2) is 72.8 Å². The summed E-state index contributed by atoms with van der Waals surface area (Å²) in [6.45, 7) is 5.57. The van der Waals surface area contributed by atoms with E-state index in [9.17, 15) is 32.7 Å². The van der Waals surface area contributed by atoms with Crippen LogP contribution in [0, 0.1) is 5.92 Å². The number of nitrogens with one attached hydrogen (secondary N) is 4. The van der Waals surface area contributed by atoms with Crippen molar-refractivity contribution < 1.29 is 42.2 Å². The lowest BCUT2D eigenvalue weighted by molar-refractivity contribution is -0.137. The Morgan fingerprint density at radius 3 is 2.26 bits per heavy atom. The van der Waals surface area contributed by atoms with Crippen molar-refractivity contribution >= 4 is 39.3 Å². The molecule has 0 aromatic heterocycles. The minimum atomic E-state index is -3.77. The lowest BCUT2D eigenvalue weighted by Crippen LogP contribution is -2.54. The number of sulfonamides is 1. The average molecular weight is 752 g/mol. The second kappa shape index (κ2) is 18.3. The van der Waals surface area contributed by atoms with Gasteiger partial charge in [0.05, 0.1) is 43.3 Å². The molecule has 0 fully saturated rings. The van der Waals surface area contributed by atoms with E-state index in [1.54, 1.807) is 20.8 Å². The highest BCUT2D eigenvalue weighted by Crippen LogP contribution is 2.23. The fourth-order valence-corrected chi connectivity index (χ4v) is 6.23. The average Bonchev–Trinajstić information content (AvgIpc) is 3.13. The van der Waals surface area contributed by atoms with Crippen molar-refractivity contribution in [2.45, 2.75) is 70.7 Å². The van der Waals surface area contributed by atoms with Crippen LogP contribution in [0.1, 0.15) is 70.6 Å². The molecule has 1 heterocycles. The molecule has 0 aliphatic carbocycles. The van der Waals surface area contributed by atoms with Crippen molar-refractivity contribution in [1.29, 1.82) is 0 Å². The number of fused-ring (bicyclic) bond motifs is 4. The lowest BCUT2D eigenvalue weighted by atomic mass is 10.0. The zero-order chi connectivity index (χ0) is 38.9. The number of amides is 4. The molecule has 4 amide bonds. The molecule has 4 bridgehead atoms. The molecule has 53 heavy (non-hydrogen) atoms. The van der Waals surface area contributed by atoms with Gasteiger partial charge < -0.3 is 35.8 Å². The number of hydrogen-bond donors (Lipinski definition) is 5. The number of benzene rings is 3. The van der Waals surface area contributed by atoms with Gasteiger partial charge in [-0.25, -0.2) is 8.42 Å². The Labute approximate surface area is 310 Å². The Bertz CT molecular complexity index is 1870. The normalized spacial score (nSPS) is 18.3. The van der Waals surface area contributed by atoms with E-state index in [2.05, 4.69) is 21.3 Å². The van der Waals surface area contributed by atoms with Crippen LogP contribution in [-0.2, 0) is 42.2 Å². The van der Waals surface area contributed by atoms with Gasteiger partial charge in [0, 0.05) is 38.2 Å². The van der Waals surface area contributed by atoms with Crippen molar-refractivity contribution in [3.63, 3.8) is 0 Å². The molecule has 3 aromatic rings. The number of ether oxygens (including phenoxy) is 2. The number of aliphatic hydroxyl groups excluding tert-OH is 1. The molecule has 4 rings (SSSR count). The maximum absolute atomic E-state index is 13.8. The smallest absolute Gasteiger partial charge is 0.251 e. The van der Waals surface area contributed by atoms with Gasteiger partial charge in [-0.2, -0.15) is 0 Å². The Hall–Kier alpha value is -4.83. The number of aliphatic hydroxyl groups is 1. The molecule has 1 aliphatic heterocycles. The third kappa shape index (κ3) is 11.3. The molecular weight excluding hydrogens is 703 g/mol. The first-order valence-electron chi connectivity index (χ1n) is 17.3. The summed E-state index contributed by atoms with van der Waals surface area (Å²) in [6, 6.07) is 18.3. The topological polar surface area (TPSA) is 192 Å². The molecular formula is C38H49N5O9S. The van der Waals surface area contributed by atoms with Gasteiger partial charge in [0.2, 0.25) is 21.8 Å². The molecule has 14 nitrogen and oxygen atoms in total. The summed E-state index contributed by atoms with van der Waals surface area (Å²) < 4.78 is 37.3. The van der Waals surface area contributed by atoms with Gasteiger partial charge in [-0.3, -0.25) is 23.5 Å². The molecule has 0 spiro atoms. The Morgan fingerprint density at radius 1 is 0.981 bits per heavy atom. The molecule has 1 aliphatic rings. The van der Waals surface area contributed by atoms with Crippen LogP contribution < -0.4 is 25.6 Å². The minimum Gasteiger partial charge on any atom is -0.391 e. The molecule has 3 aromatic carbocycles. The molecule has 5 N–H and O–H groups in total. The van der Waals surface area contributed by atoms with E-state index >= 15 is 0 Å². The van der Waals surface area contributed by atoms with Crippen LogP contribution in [0.4, 0.5) is 5.69 Å². The summed E-state index contributed by atoms with van der Waals surface area (Å²) >= 11 is 0. The van der Waals surface area contributed by atoms with Crippen molar-refractivity contribution in [2.24, 2.45) is 5.92 Å². The summed E-state index contributed by atoms with van der Waals surface area (Å²) in [4.78, 5) is 53.8. The van der Waals surface area contributed by atoms with Crippen LogP contribution in [0.2, 0.25) is 0 Å². The number of carbonyl (C=O) groups excluding carboxylic acids is 4. The first-order valence-corrected chi connectivity index (χ1v) is 19.1. The third-order valence-corrected chi connectivity index (χ3v) is 10.2. The fourth-order valence-electron chi connectivity index (χ4n) is 5.74. The monoisotopic (exact) mass is 751 g/mol. The quantitative estimate of drug-likeness (QED) is 0.185. The first-order chi connectivity index (χ1) is 25.1. The number of methoxy groups -OCH3 is 1. The van der Waals surface area contributed by atoms with E-state index in [0.29, 0.717) is 0 Å².